The first kappa shape index (κ1) is 22.8. The highest BCUT2D eigenvalue weighted by molar-refractivity contribution is 5.95. The molecule has 1 saturated heterocycles. The molecule has 0 radical (unpaired) electrons. The van der Waals surface area contributed by atoms with E-state index in [1.807, 2.05) is 20.8 Å². The number of hydrogen-bond acceptors (Lipinski definition) is 6. The van der Waals surface area contributed by atoms with E-state index in [1.165, 1.54) is 7.11 Å². The Bertz CT molecular complexity index is 659. The average Bonchev–Trinajstić information content (AvgIpc) is 2.71. The van der Waals surface area contributed by atoms with Crippen LogP contribution in [-0.2, 0) is 9.53 Å². The summed E-state index contributed by atoms with van der Waals surface area (Å²) in [4.78, 5) is 26.5. The van der Waals surface area contributed by atoms with Gasteiger partial charge in [0.1, 0.15) is 6.61 Å². The number of nitrogens with one attached hydrogen (secondary N) is 1. The molecule has 0 atom stereocenters. The lowest BCUT2D eigenvalue weighted by Crippen LogP contribution is -2.47. The third-order valence-corrected chi connectivity index (χ3v) is 4.62. The van der Waals surface area contributed by atoms with Crippen molar-refractivity contribution in [3.63, 3.8) is 0 Å². The molecule has 1 aromatic carbocycles. The number of rotatable bonds is 10. The molecule has 0 spiro atoms. The standard InChI is InChI=1S/C21H32N2O6/c1-5-27-17-12-15(13-18(28-6-2)20(17)29-7-3)21(25)22-16-8-10-23(11-9-16)19(24)14-26-4/h12-13,16H,5-11,14H2,1-4H3,(H,22,25). The van der Waals surface area contributed by atoms with Crippen LogP contribution < -0.4 is 19.5 Å². The summed E-state index contributed by atoms with van der Waals surface area (Å²) in [5.41, 5.74) is 0.457. The Hall–Kier alpha value is -2.48. The monoisotopic (exact) mass is 408 g/mol. The van der Waals surface area contributed by atoms with Crippen molar-refractivity contribution < 1.29 is 28.5 Å². The maximum Gasteiger partial charge on any atom is 0.251 e. The third kappa shape index (κ3) is 6.25. The molecule has 1 heterocycles. The summed E-state index contributed by atoms with van der Waals surface area (Å²) in [6.45, 7) is 8.29. The molecule has 1 N–H and O–H groups in total. The number of carbonyl (C=O) groups is 2. The smallest absolute Gasteiger partial charge is 0.251 e. The highest BCUT2D eigenvalue weighted by Crippen LogP contribution is 2.39. The van der Waals surface area contributed by atoms with E-state index in [-0.39, 0.29) is 24.5 Å². The van der Waals surface area contributed by atoms with Crippen LogP contribution in [0.1, 0.15) is 44.0 Å². The third-order valence-electron chi connectivity index (χ3n) is 4.62. The topological polar surface area (TPSA) is 86.3 Å². The van der Waals surface area contributed by atoms with E-state index in [9.17, 15) is 9.59 Å². The highest BCUT2D eigenvalue weighted by Gasteiger charge is 2.25. The van der Waals surface area contributed by atoms with Gasteiger partial charge in [-0.05, 0) is 45.7 Å². The fraction of sp³-hybridized carbons (Fsp3) is 0.619. The number of nitrogens with zero attached hydrogens (tertiary/aromatic N) is 1. The van der Waals surface area contributed by atoms with Gasteiger partial charge in [-0.1, -0.05) is 0 Å². The minimum absolute atomic E-state index is 0.00625. The van der Waals surface area contributed by atoms with Gasteiger partial charge in [-0.3, -0.25) is 9.59 Å². The van der Waals surface area contributed by atoms with E-state index < -0.39 is 0 Å². The molecule has 1 aromatic rings. The normalized spacial score (nSPS) is 14.4. The molecule has 0 aromatic heterocycles. The van der Waals surface area contributed by atoms with E-state index in [1.54, 1.807) is 17.0 Å². The maximum absolute atomic E-state index is 12.8. The van der Waals surface area contributed by atoms with Crippen LogP contribution in [0.2, 0.25) is 0 Å². The number of carbonyl (C=O) groups excluding carboxylic acids is 2. The molecule has 1 fully saturated rings. The Kier molecular flexibility index (Phi) is 9.05. The Labute approximate surface area is 172 Å². The second-order valence-corrected chi connectivity index (χ2v) is 6.66. The van der Waals surface area contributed by atoms with Crippen LogP contribution in [0.3, 0.4) is 0 Å². The van der Waals surface area contributed by atoms with Gasteiger partial charge in [0, 0.05) is 31.8 Å². The van der Waals surface area contributed by atoms with Crippen molar-refractivity contribution in [2.24, 2.45) is 0 Å². The van der Waals surface area contributed by atoms with Crippen molar-refractivity contribution in [2.45, 2.75) is 39.7 Å². The van der Waals surface area contributed by atoms with Crippen LogP contribution in [0.4, 0.5) is 0 Å². The van der Waals surface area contributed by atoms with E-state index in [0.717, 1.165) is 0 Å². The second-order valence-electron chi connectivity index (χ2n) is 6.66. The average molecular weight is 408 g/mol. The minimum atomic E-state index is -0.198. The van der Waals surface area contributed by atoms with Gasteiger partial charge in [-0.25, -0.2) is 0 Å². The van der Waals surface area contributed by atoms with E-state index in [2.05, 4.69) is 5.32 Å². The summed E-state index contributed by atoms with van der Waals surface area (Å²) in [6.07, 6.45) is 1.41. The minimum Gasteiger partial charge on any atom is -0.490 e. The second kappa shape index (κ2) is 11.5. The molecule has 0 saturated carbocycles. The Morgan fingerprint density at radius 3 is 2.03 bits per heavy atom. The predicted octanol–water partition coefficient (Wildman–Crippen LogP) is 2.25. The zero-order chi connectivity index (χ0) is 21.2. The van der Waals surface area contributed by atoms with Gasteiger partial charge in [0.15, 0.2) is 11.5 Å². The number of likely N-dealkylation sites (tertiary alicyclic amines) is 1. The first-order chi connectivity index (χ1) is 14.0. The molecule has 8 nitrogen and oxygen atoms in total. The zero-order valence-electron chi connectivity index (χ0n) is 17.8. The quantitative estimate of drug-likeness (QED) is 0.639. The molecule has 8 heteroatoms. The molecule has 2 amide bonds. The van der Waals surface area contributed by atoms with Crippen LogP contribution in [0.25, 0.3) is 0 Å². The molecule has 1 aliphatic heterocycles. The number of piperidine rings is 1. The molecule has 0 aliphatic carbocycles. The first-order valence-electron chi connectivity index (χ1n) is 10.2. The lowest BCUT2D eigenvalue weighted by molar-refractivity contribution is -0.136. The number of hydrogen-bond donors (Lipinski definition) is 1. The fourth-order valence-electron chi connectivity index (χ4n) is 3.28. The van der Waals surface area contributed by atoms with Crippen LogP contribution in [0.5, 0.6) is 17.2 Å². The zero-order valence-corrected chi connectivity index (χ0v) is 17.8. The van der Waals surface area contributed by atoms with E-state index in [4.69, 9.17) is 18.9 Å². The summed E-state index contributed by atoms with van der Waals surface area (Å²) in [5.74, 6) is 1.27. The number of methoxy groups -OCH3 is 1. The van der Waals surface area contributed by atoms with E-state index in [0.29, 0.717) is 68.6 Å². The van der Waals surface area contributed by atoms with Crippen LogP contribution in [-0.4, -0.2) is 69.4 Å². The van der Waals surface area contributed by atoms with E-state index >= 15 is 0 Å². The molecule has 162 valence electrons. The SMILES string of the molecule is CCOc1cc(C(=O)NC2CCN(C(=O)COC)CC2)cc(OCC)c1OCC. The van der Waals surface area contributed by atoms with Crippen molar-refractivity contribution >= 4 is 11.8 Å². The molecule has 1 aliphatic rings. The summed E-state index contributed by atoms with van der Waals surface area (Å²) in [5, 5.41) is 3.06. The molecule has 0 unspecified atom stereocenters. The Balaban J connectivity index is 2.09. The lowest BCUT2D eigenvalue weighted by atomic mass is 10.0. The Morgan fingerprint density at radius 1 is 1.00 bits per heavy atom. The largest absolute Gasteiger partial charge is 0.490 e. The van der Waals surface area contributed by atoms with Crippen LogP contribution in [0, 0.1) is 0 Å². The molecular weight excluding hydrogens is 376 g/mol. The van der Waals surface area contributed by atoms with Gasteiger partial charge in [-0.2, -0.15) is 0 Å². The molecular formula is C21H32N2O6. The van der Waals surface area contributed by atoms with Crippen molar-refractivity contribution in [1.82, 2.24) is 10.2 Å². The molecule has 29 heavy (non-hydrogen) atoms. The summed E-state index contributed by atoms with van der Waals surface area (Å²) < 4.78 is 21.9. The van der Waals surface area contributed by atoms with Gasteiger partial charge in [0.05, 0.1) is 19.8 Å². The summed E-state index contributed by atoms with van der Waals surface area (Å²) in [6, 6.07) is 3.37. The number of benzene rings is 1. The highest BCUT2D eigenvalue weighted by atomic mass is 16.5. The van der Waals surface area contributed by atoms with Crippen molar-refractivity contribution in [1.29, 1.82) is 0 Å². The van der Waals surface area contributed by atoms with Crippen molar-refractivity contribution in [3.05, 3.63) is 17.7 Å². The predicted molar refractivity (Wildman–Crippen MR) is 109 cm³/mol. The lowest BCUT2D eigenvalue weighted by Gasteiger charge is -2.32. The van der Waals surface area contributed by atoms with Crippen molar-refractivity contribution in [2.75, 3.05) is 46.6 Å². The van der Waals surface area contributed by atoms with Gasteiger partial charge in [-0.15, -0.1) is 0 Å². The summed E-state index contributed by atoms with van der Waals surface area (Å²) >= 11 is 0. The fourth-order valence-corrected chi connectivity index (χ4v) is 3.28. The Morgan fingerprint density at radius 2 is 1.55 bits per heavy atom. The molecule has 0 bridgehead atoms. The van der Waals surface area contributed by atoms with Gasteiger partial charge in [0.25, 0.3) is 5.91 Å². The molecule has 2 rings (SSSR count). The van der Waals surface area contributed by atoms with Gasteiger partial charge in [0.2, 0.25) is 11.7 Å². The van der Waals surface area contributed by atoms with Gasteiger partial charge >= 0.3 is 0 Å². The first-order valence-corrected chi connectivity index (χ1v) is 10.2. The van der Waals surface area contributed by atoms with Crippen molar-refractivity contribution in [3.8, 4) is 17.2 Å². The van der Waals surface area contributed by atoms with Crippen LogP contribution in [0.15, 0.2) is 12.1 Å². The number of ether oxygens (including phenoxy) is 4. The van der Waals surface area contributed by atoms with Gasteiger partial charge < -0.3 is 29.2 Å². The maximum atomic E-state index is 12.8. The number of amides is 2. The summed E-state index contributed by atoms with van der Waals surface area (Å²) in [7, 11) is 1.51. The van der Waals surface area contributed by atoms with Crippen LogP contribution >= 0.6 is 0 Å².